The molecule has 334 valence electrons. The van der Waals surface area contributed by atoms with Crippen molar-refractivity contribution in [2.75, 3.05) is 52.4 Å². The van der Waals surface area contributed by atoms with Crippen LogP contribution in [0.4, 0.5) is 0 Å². The first-order valence-corrected chi connectivity index (χ1v) is 21.1. The van der Waals surface area contributed by atoms with Gasteiger partial charge in [-0.15, -0.1) is 0 Å². The van der Waals surface area contributed by atoms with Gasteiger partial charge in [-0.3, -0.25) is 48.3 Å². The highest BCUT2D eigenvalue weighted by molar-refractivity contribution is 5.79. The maximum atomic E-state index is 13.5. The zero-order valence-corrected chi connectivity index (χ0v) is 34.7. The smallest absolute Gasteiger partial charge is 0.320 e. The van der Waals surface area contributed by atoms with E-state index in [0.29, 0.717) is 42.9 Å². The van der Waals surface area contributed by atoms with Crippen molar-refractivity contribution in [3.63, 3.8) is 0 Å². The molecule has 0 radical (unpaired) electrons. The minimum Gasteiger partial charge on any atom is -0.481 e. The summed E-state index contributed by atoms with van der Waals surface area (Å²) < 4.78 is 0. The molecule has 0 aromatic carbocycles. The number of aliphatic hydroxyl groups excluding tert-OH is 1. The first-order valence-electron chi connectivity index (χ1n) is 21.1. The van der Waals surface area contributed by atoms with Gasteiger partial charge in [-0.05, 0) is 111 Å². The summed E-state index contributed by atoms with van der Waals surface area (Å²) in [6.45, 7) is 3.64. The highest BCUT2D eigenvalue weighted by Crippen LogP contribution is 2.68. The van der Waals surface area contributed by atoms with Crippen LogP contribution in [-0.2, 0) is 33.6 Å². The number of hydrogen-bond donors (Lipinski definition) is 8. The number of nitrogens with zero attached hydrogens (tertiary/aromatic N) is 3. The average Bonchev–Trinajstić information content (AvgIpc) is 3.47. The Bertz CT molecular complexity index is 1470. The van der Waals surface area contributed by atoms with E-state index in [-0.39, 0.29) is 80.1 Å². The summed E-state index contributed by atoms with van der Waals surface area (Å²) in [7, 11) is 0. The number of aliphatic hydroxyl groups is 1. The molecule has 4 saturated carbocycles. The number of nitrogens with one attached hydrogen (secondary N) is 1. The topological polar surface area (TPSA) is 283 Å². The number of amides is 1. The van der Waals surface area contributed by atoms with Crippen molar-refractivity contribution >= 4 is 41.7 Å². The van der Waals surface area contributed by atoms with Crippen molar-refractivity contribution in [1.29, 1.82) is 0 Å². The van der Waals surface area contributed by atoms with Crippen LogP contribution < -0.4 is 5.32 Å². The standard InChI is InChI=1S/C41H66N4O14/c1-24(4-9-33(48)49)27-5-6-28-38-29(11-13-41(27,28)3)40(2)12-10-26(18-25(40)19-31(38)46)42-32(47)8-7-30(39(58)59)45(16-14-43(20-34(50)51)21-35(52)53)17-15-44(22-36(54)55)23-37(56)57/h24-31,38,46H,4-23H2,1-3H3,(H,42,47)(H,48,49)(H,50,51)(H,52,53)(H,54,55)(H,56,57)(H,58,59)/t24-,25+,26+,27-,28+,29+,30?,31+,38+,40+,41-/m1/s1. The average molecular weight is 839 g/mol. The lowest BCUT2D eigenvalue weighted by Gasteiger charge is -2.62. The number of rotatable bonds is 24. The molecule has 0 heterocycles. The van der Waals surface area contributed by atoms with E-state index in [2.05, 4.69) is 26.1 Å². The fraction of sp³-hybridized carbons (Fsp3) is 0.829. The third-order valence-corrected chi connectivity index (χ3v) is 14.8. The van der Waals surface area contributed by atoms with Crippen molar-refractivity contribution in [1.82, 2.24) is 20.0 Å². The van der Waals surface area contributed by atoms with E-state index in [1.807, 2.05) is 0 Å². The fourth-order valence-corrected chi connectivity index (χ4v) is 12.1. The molecule has 11 atom stereocenters. The van der Waals surface area contributed by atoms with Crippen LogP contribution in [0.15, 0.2) is 0 Å². The molecule has 0 bridgehead atoms. The van der Waals surface area contributed by atoms with Crippen LogP contribution in [0.25, 0.3) is 0 Å². The highest BCUT2D eigenvalue weighted by atomic mass is 16.4. The second-order valence-electron chi connectivity index (χ2n) is 18.4. The quantitative estimate of drug-likeness (QED) is 0.0691. The summed E-state index contributed by atoms with van der Waals surface area (Å²) >= 11 is 0. The van der Waals surface area contributed by atoms with Gasteiger partial charge in [-0.2, -0.15) is 0 Å². The molecule has 0 spiro atoms. The lowest BCUT2D eigenvalue weighted by molar-refractivity contribution is -0.167. The highest BCUT2D eigenvalue weighted by Gasteiger charge is 2.63. The van der Waals surface area contributed by atoms with Crippen molar-refractivity contribution in [2.45, 2.75) is 116 Å². The third kappa shape index (κ3) is 12.4. The van der Waals surface area contributed by atoms with Crippen LogP contribution in [0.1, 0.15) is 97.8 Å². The van der Waals surface area contributed by atoms with Gasteiger partial charge in [0.2, 0.25) is 5.91 Å². The van der Waals surface area contributed by atoms with Crippen molar-refractivity contribution in [2.24, 2.45) is 46.3 Å². The van der Waals surface area contributed by atoms with E-state index < -0.39 is 74.1 Å². The molecule has 1 unspecified atom stereocenters. The molecule has 4 fully saturated rings. The normalized spacial score (nSPS) is 31.1. The van der Waals surface area contributed by atoms with E-state index in [4.69, 9.17) is 0 Å². The molecule has 4 rings (SSSR count). The Morgan fingerprint density at radius 3 is 1.68 bits per heavy atom. The Balaban J connectivity index is 1.40. The van der Waals surface area contributed by atoms with E-state index in [0.717, 1.165) is 48.3 Å². The summed E-state index contributed by atoms with van der Waals surface area (Å²) in [6, 6.07) is -1.49. The van der Waals surface area contributed by atoms with Gasteiger partial charge in [0.05, 0.1) is 32.3 Å². The van der Waals surface area contributed by atoms with Gasteiger partial charge in [0.15, 0.2) is 0 Å². The summed E-state index contributed by atoms with van der Waals surface area (Å²) in [6.07, 6.45) is 7.04. The van der Waals surface area contributed by atoms with Crippen LogP contribution in [0.5, 0.6) is 0 Å². The lowest BCUT2D eigenvalue weighted by Crippen LogP contribution is -2.59. The molecular weight excluding hydrogens is 772 g/mol. The van der Waals surface area contributed by atoms with Gasteiger partial charge in [-0.25, -0.2) is 0 Å². The Labute approximate surface area is 345 Å². The minimum atomic E-state index is -1.32. The van der Waals surface area contributed by atoms with Gasteiger partial charge in [0.25, 0.3) is 0 Å². The predicted octanol–water partition coefficient (Wildman–Crippen LogP) is 2.08. The molecule has 8 N–H and O–H groups in total. The molecule has 1 amide bonds. The SMILES string of the molecule is C[C@H](CCC(=O)O)[C@H]1CC[C@H]2[C@@H]3[C@@H](O)C[C@@H]4C[C@@H](NC(=O)CCC(C(=O)O)N(CCN(CC(=O)O)CC(=O)O)CCN(CC(=O)O)CC(=O)O)CC[C@]4(C)[C@H]3CC[C@]12C. The van der Waals surface area contributed by atoms with E-state index in [9.17, 15) is 69.3 Å². The van der Waals surface area contributed by atoms with Crippen LogP contribution in [0.3, 0.4) is 0 Å². The van der Waals surface area contributed by atoms with E-state index in [1.165, 1.54) is 4.90 Å². The maximum Gasteiger partial charge on any atom is 0.320 e. The Morgan fingerprint density at radius 1 is 0.644 bits per heavy atom. The zero-order chi connectivity index (χ0) is 43.8. The number of carboxylic acids is 6. The van der Waals surface area contributed by atoms with Gasteiger partial charge in [0.1, 0.15) is 6.04 Å². The fourth-order valence-electron chi connectivity index (χ4n) is 12.1. The summed E-state index contributed by atoms with van der Waals surface area (Å²) in [5.74, 6) is -5.84. The van der Waals surface area contributed by atoms with Gasteiger partial charge in [0, 0.05) is 45.1 Å². The van der Waals surface area contributed by atoms with E-state index in [1.54, 1.807) is 0 Å². The van der Waals surface area contributed by atoms with Crippen LogP contribution in [-0.4, -0.2) is 163 Å². The van der Waals surface area contributed by atoms with Crippen molar-refractivity contribution in [3.8, 4) is 0 Å². The number of carbonyl (C=O) groups excluding carboxylic acids is 1. The second kappa shape index (κ2) is 20.6. The van der Waals surface area contributed by atoms with Crippen LogP contribution in [0.2, 0.25) is 0 Å². The molecule has 0 aromatic heterocycles. The van der Waals surface area contributed by atoms with Crippen LogP contribution in [0, 0.1) is 46.3 Å². The first kappa shape index (κ1) is 47.8. The lowest BCUT2D eigenvalue weighted by atomic mass is 9.43. The Hall–Kier alpha value is -3.87. The molecule has 4 aliphatic carbocycles. The summed E-state index contributed by atoms with van der Waals surface area (Å²) in [5, 5.41) is 71.7. The minimum absolute atomic E-state index is 0.0152. The van der Waals surface area contributed by atoms with Crippen LogP contribution >= 0.6 is 0 Å². The second-order valence-corrected chi connectivity index (χ2v) is 18.4. The molecule has 0 saturated heterocycles. The maximum absolute atomic E-state index is 13.5. The third-order valence-electron chi connectivity index (χ3n) is 14.8. The Morgan fingerprint density at radius 2 is 1.17 bits per heavy atom. The number of aliphatic carboxylic acids is 6. The van der Waals surface area contributed by atoms with Gasteiger partial charge in [-0.1, -0.05) is 20.8 Å². The number of carbonyl (C=O) groups is 7. The monoisotopic (exact) mass is 838 g/mol. The predicted molar refractivity (Wildman–Crippen MR) is 210 cm³/mol. The molecule has 59 heavy (non-hydrogen) atoms. The largest absolute Gasteiger partial charge is 0.481 e. The van der Waals surface area contributed by atoms with E-state index >= 15 is 0 Å². The molecule has 0 aromatic rings. The number of hydrogen-bond acceptors (Lipinski definition) is 11. The number of fused-ring (bicyclic) bond motifs is 5. The molecule has 18 nitrogen and oxygen atoms in total. The summed E-state index contributed by atoms with van der Waals surface area (Å²) in [5.41, 5.74) is 0.0448. The summed E-state index contributed by atoms with van der Waals surface area (Å²) in [4.78, 5) is 86.6. The molecule has 4 aliphatic rings. The molecular formula is C41H66N4O14. The molecule has 18 heteroatoms. The Kier molecular flexibility index (Phi) is 16.7. The van der Waals surface area contributed by atoms with Crippen molar-refractivity contribution in [3.05, 3.63) is 0 Å². The molecule has 0 aliphatic heterocycles. The zero-order valence-electron chi connectivity index (χ0n) is 34.7. The number of carboxylic acid groups (broad SMARTS) is 6. The van der Waals surface area contributed by atoms with Gasteiger partial charge >= 0.3 is 35.8 Å². The van der Waals surface area contributed by atoms with Crippen molar-refractivity contribution < 1.29 is 69.3 Å². The first-order chi connectivity index (χ1) is 27.6. The van der Waals surface area contributed by atoms with Gasteiger partial charge < -0.3 is 41.1 Å².